The third-order valence-electron chi connectivity index (χ3n) is 7.02. The zero-order valence-corrected chi connectivity index (χ0v) is 21.8. The van der Waals surface area contributed by atoms with Crippen LogP contribution in [0.3, 0.4) is 0 Å². The van der Waals surface area contributed by atoms with E-state index in [1.807, 2.05) is 0 Å². The highest BCUT2D eigenvalue weighted by Crippen LogP contribution is 2.27. The van der Waals surface area contributed by atoms with Gasteiger partial charge in [0.2, 0.25) is 0 Å². The van der Waals surface area contributed by atoms with Crippen LogP contribution in [0.1, 0.15) is 116 Å². The summed E-state index contributed by atoms with van der Waals surface area (Å²) >= 11 is 0. The maximum atomic E-state index is 11.9. The molecule has 35 heavy (non-hydrogen) atoms. The lowest BCUT2D eigenvalue weighted by atomic mass is 10.0. The number of rotatable bonds is 20. The van der Waals surface area contributed by atoms with Crippen molar-refractivity contribution in [1.82, 2.24) is 14.9 Å². The monoisotopic (exact) mass is 495 g/mol. The summed E-state index contributed by atoms with van der Waals surface area (Å²) in [6.07, 6.45) is 18.7. The van der Waals surface area contributed by atoms with Gasteiger partial charge in [0.25, 0.3) is 5.56 Å². The van der Waals surface area contributed by atoms with Gasteiger partial charge in [-0.1, -0.05) is 103 Å². The predicted octanol–water partition coefficient (Wildman–Crippen LogP) is 4.01. The molecule has 1 fully saturated rings. The quantitative estimate of drug-likeness (QED) is 0.203. The summed E-state index contributed by atoms with van der Waals surface area (Å²) in [6.45, 7) is 3.49. The lowest BCUT2D eigenvalue weighted by Crippen LogP contribution is -2.39. The largest absolute Gasteiger partial charge is 0.387 e. The second-order valence-corrected chi connectivity index (χ2v) is 10.1. The van der Waals surface area contributed by atoms with Crippen LogP contribution >= 0.6 is 0 Å². The molecule has 4 N–H and O–H groups in total. The summed E-state index contributed by atoms with van der Waals surface area (Å²) in [5.41, 5.74) is -1.19. The highest BCUT2D eigenvalue weighted by molar-refractivity contribution is 4.93. The lowest BCUT2D eigenvalue weighted by Gasteiger charge is -2.16. The number of aliphatic hydroxyl groups excluding tert-OH is 2. The average molecular weight is 496 g/mol. The van der Waals surface area contributed by atoms with Crippen LogP contribution in [0, 0.1) is 0 Å². The minimum Gasteiger partial charge on any atom is -0.387 e. The molecule has 1 aromatic heterocycles. The van der Waals surface area contributed by atoms with E-state index in [-0.39, 0.29) is 0 Å². The van der Waals surface area contributed by atoms with E-state index in [9.17, 15) is 19.8 Å². The number of unbranched alkanes of at least 4 members (excludes halogenated alkanes) is 15. The number of hydrogen-bond acceptors (Lipinski definition) is 6. The molecule has 1 aliphatic rings. The predicted molar refractivity (Wildman–Crippen MR) is 140 cm³/mol. The standard InChI is InChI=1S/C27H49N3O5/c1-2-3-4-5-6-7-8-9-10-11-12-13-14-15-16-17-19-28-21-22-24(32)25(33)26(35-22)30-20-18-23(31)29-27(30)34/h18,20,22,24-26,28,32-33H,2-17,19,21H2,1H3,(H,29,31,34)/t22-,24-,25-,26-/m1/s1. The number of aromatic amines is 1. The van der Waals surface area contributed by atoms with Gasteiger partial charge < -0.3 is 20.3 Å². The van der Waals surface area contributed by atoms with E-state index in [4.69, 9.17) is 4.74 Å². The second kappa shape index (κ2) is 17.9. The van der Waals surface area contributed by atoms with Crippen LogP contribution in [0.15, 0.2) is 21.9 Å². The summed E-state index contributed by atoms with van der Waals surface area (Å²) in [5.74, 6) is 0. The van der Waals surface area contributed by atoms with Gasteiger partial charge in [-0.05, 0) is 13.0 Å². The van der Waals surface area contributed by atoms with Gasteiger partial charge in [-0.15, -0.1) is 0 Å². The molecular weight excluding hydrogens is 446 g/mol. The zero-order valence-electron chi connectivity index (χ0n) is 21.8. The number of nitrogens with zero attached hydrogens (tertiary/aromatic N) is 1. The molecule has 2 heterocycles. The van der Waals surface area contributed by atoms with E-state index >= 15 is 0 Å². The zero-order chi connectivity index (χ0) is 25.3. The van der Waals surface area contributed by atoms with Crippen molar-refractivity contribution in [2.45, 2.75) is 134 Å². The summed E-state index contributed by atoms with van der Waals surface area (Å²) in [6, 6.07) is 1.19. The number of ether oxygens (including phenoxy) is 1. The van der Waals surface area contributed by atoms with Gasteiger partial charge in [-0.3, -0.25) is 14.3 Å². The average Bonchev–Trinajstić information content (AvgIpc) is 3.12. The molecule has 0 spiro atoms. The summed E-state index contributed by atoms with van der Waals surface area (Å²) in [7, 11) is 0. The lowest BCUT2D eigenvalue weighted by molar-refractivity contribution is -0.0391. The number of aromatic nitrogens is 2. The van der Waals surface area contributed by atoms with E-state index < -0.39 is 35.8 Å². The van der Waals surface area contributed by atoms with Gasteiger partial charge in [0.1, 0.15) is 18.3 Å². The van der Waals surface area contributed by atoms with Crippen molar-refractivity contribution in [3.8, 4) is 0 Å². The van der Waals surface area contributed by atoms with E-state index in [0.29, 0.717) is 6.54 Å². The summed E-state index contributed by atoms with van der Waals surface area (Å²) < 4.78 is 6.81. The topological polar surface area (TPSA) is 117 Å². The smallest absolute Gasteiger partial charge is 0.330 e. The van der Waals surface area contributed by atoms with Crippen LogP contribution in [-0.4, -0.2) is 51.2 Å². The van der Waals surface area contributed by atoms with Crippen LogP contribution in [0.5, 0.6) is 0 Å². The Morgan fingerprint density at radius 2 is 1.34 bits per heavy atom. The minimum absolute atomic E-state index is 0.394. The van der Waals surface area contributed by atoms with Crippen molar-refractivity contribution >= 4 is 0 Å². The third-order valence-corrected chi connectivity index (χ3v) is 7.02. The number of hydrogen-bond donors (Lipinski definition) is 4. The molecule has 1 saturated heterocycles. The van der Waals surface area contributed by atoms with Crippen molar-refractivity contribution in [3.05, 3.63) is 33.1 Å². The fourth-order valence-electron chi connectivity index (χ4n) is 4.80. The van der Waals surface area contributed by atoms with Crippen LogP contribution in [0.25, 0.3) is 0 Å². The van der Waals surface area contributed by atoms with Gasteiger partial charge in [-0.25, -0.2) is 4.79 Å². The van der Waals surface area contributed by atoms with Gasteiger partial charge in [0.15, 0.2) is 6.23 Å². The van der Waals surface area contributed by atoms with Gasteiger partial charge in [0, 0.05) is 18.8 Å². The fraction of sp³-hybridized carbons (Fsp3) is 0.852. The summed E-state index contributed by atoms with van der Waals surface area (Å²) in [4.78, 5) is 25.3. The van der Waals surface area contributed by atoms with Gasteiger partial charge >= 0.3 is 5.69 Å². The molecule has 2 rings (SSSR count). The first-order chi connectivity index (χ1) is 17.0. The molecule has 0 saturated carbocycles. The van der Waals surface area contributed by atoms with Crippen LogP contribution in [-0.2, 0) is 4.74 Å². The van der Waals surface area contributed by atoms with E-state index in [2.05, 4.69) is 17.2 Å². The van der Waals surface area contributed by atoms with Crippen LogP contribution in [0.2, 0.25) is 0 Å². The molecule has 202 valence electrons. The van der Waals surface area contributed by atoms with E-state index in [0.717, 1.165) is 17.5 Å². The molecule has 0 aliphatic carbocycles. The highest BCUT2D eigenvalue weighted by Gasteiger charge is 2.43. The van der Waals surface area contributed by atoms with Crippen molar-refractivity contribution in [3.63, 3.8) is 0 Å². The number of aliphatic hydroxyl groups is 2. The van der Waals surface area contributed by atoms with Crippen molar-refractivity contribution in [2.75, 3.05) is 13.1 Å². The molecule has 0 unspecified atom stereocenters. The van der Waals surface area contributed by atoms with Crippen LogP contribution < -0.4 is 16.6 Å². The first-order valence-corrected chi connectivity index (χ1v) is 14.1. The number of nitrogens with one attached hydrogen (secondary N) is 2. The van der Waals surface area contributed by atoms with Crippen molar-refractivity contribution < 1.29 is 14.9 Å². The van der Waals surface area contributed by atoms with Crippen molar-refractivity contribution in [1.29, 1.82) is 0 Å². The maximum absolute atomic E-state index is 11.9. The SMILES string of the molecule is CCCCCCCCCCCCCCCCCCNC[C@H]1O[C@@H](n2ccc(=O)[nH]c2=O)[C@H](O)[C@@H]1O. The molecule has 1 aliphatic heterocycles. The molecule has 0 radical (unpaired) electrons. The third kappa shape index (κ3) is 11.4. The highest BCUT2D eigenvalue weighted by atomic mass is 16.6. The molecule has 8 nitrogen and oxygen atoms in total. The van der Waals surface area contributed by atoms with Gasteiger partial charge in [0.05, 0.1) is 0 Å². The first-order valence-electron chi connectivity index (χ1n) is 14.1. The molecule has 4 atom stereocenters. The Morgan fingerprint density at radius 1 is 0.829 bits per heavy atom. The number of H-pyrrole nitrogens is 1. The van der Waals surface area contributed by atoms with Crippen molar-refractivity contribution in [2.24, 2.45) is 0 Å². The molecular formula is C27H49N3O5. The Balaban J connectivity index is 1.41. The Bertz CT molecular complexity index is 781. The molecule has 0 aromatic carbocycles. The Hall–Kier alpha value is -1.48. The maximum Gasteiger partial charge on any atom is 0.330 e. The molecule has 1 aromatic rings. The Labute approximate surface area is 210 Å². The first kappa shape index (κ1) is 29.7. The molecule has 0 bridgehead atoms. The van der Waals surface area contributed by atoms with Gasteiger partial charge in [-0.2, -0.15) is 0 Å². The van der Waals surface area contributed by atoms with E-state index in [1.54, 1.807) is 0 Å². The minimum atomic E-state index is -1.24. The summed E-state index contributed by atoms with van der Waals surface area (Å²) in [5, 5.41) is 23.8. The Kier molecular flexibility index (Phi) is 15.2. The molecule has 0 amide bonds. The fourth-order valence-corrected chi connectivity index (χ4v) is 4.80. The van der Waals surface area contributed by atoms with E-state index in [1.165, 1.54) is 109 Å². The molecule has 8 heteroatoms. The Morgan fingerprint density at radius 3 is 1.86 bits per heavy atom. The normalized spacial score (nSPS) is 22.1. The van der Waals surface area contributed by atoms with Crippen LogP contribution in [0.4, 0.5) is 0 Å². The second-order valence-electron chi connectivity index (χ2n) is 10.1.